The molecule has 2 N–H and O–H groups in total. The van der Waals surface area contributed by atoms with Crippen molar-refractivity contribution >= 4 is 5.91 Å². The maximum absolute atomic E-state index is 12.7. The highest BCUT2D eigenvalue weighted by Crippen LogP contribution is 2.27. The molecule has 1 saturated heterocycles. The summed E-state index contributed by atoms with van der Waals surface area (Å²) in [5.74, 6) is 0.745. The van der Waals surface area contributed by atoms with Crippen LogP contribution in [0.1, 0.15) is 55.5 Å². The Bertz CT molecular complexity index is 456. The van der Waals surface area contributed by atoms with Crippen molar-refractivity contribution in [1.29, 1.82) is 0 Å². The number of nitrogens with one attached hydrogen (secondary N) is 1. The van der Waals surface area contributed by atoms with Crippen LogP contribution in [0.15, 0.2) is 0 Å². The van der Waals surface area contributed by atoms with E-state index in [0.717, 1.165) is 55.7 Å². The fourth-order valence-electron chi connectivity index (χ4n) is 3.42. The van der Waals surface area contributed by atoms with Crippen LogP contribution < -0.4 is 0 Å². The van der Waals surface area contributed by atoms with Crippen LogP contribution in [-0.4, -0.2) is 45.8 Å². The SMILES string of the molecule is Cc1n[nH]c(C)c1C(C)C(=O)N1CCC(CCCO)CC1. The van der Waals surface area contributed by atoms with Gasteiger partial charge in [0.15, 0.2) is 0 Å². The average Bonchev–Trinajstić information content (AvgIpc) is 2.83. The van der Waals surface area contributed by atoms with Crippen LogP contribution in [0, 0.1) is 19.8 Å². The molecule has 1 aliphatic heterocycles. The third-order valence-corrected chi connectivity index (χ3v) is 4.69. The summed E-state index contributed by atoms with van der Waals surface area (Å²) in [6.45, 7) is 7.86. The molecule has 1 aromatic heterocycles. The first-order valence-corrected chi connectivity index (χ1v) is 7.95. The number of amides is 1. The molecule has 0 saturated carbocycles. The van der Waals surface area contributed by atoms with Crippen molar-refractivity contribution in [3.63, 3.8) is 0 Å². The van der Waals surface area contributed by atoms with Crippen molar-refractivity contribution in [2.45, 2.75) is 52.4 Å². The molecule has 1 amide bonds. The van der Waals surface area contributed by atoms with Crippen molar-refractivity contribution < 1.29 is 9.90 Å². The van der Waals surface area contributed by atoms with E-state index in [-0.39, 0.29) is 18.4 Å². The zero-order valence-corrected chi connectivity index (χ0v) is 13.4. The van der Waals surface area contributed by atoms with E-state index < -0.39 is 0 Å². The largest absolute Gasteiger partial charge is 0.396 e. The van der Waals surface area contributed by atoms with E-state index in [0.29, 0.717) is 5.92 Å². The Morgan fingerprint density at radius 1 is 1.43 bits per heavy atom. The van der Waals surface area contributed by atoms with Gasteiger partial charge in [-0.25, -0.2) is 0 Å². The average molecular weight is 293 g/mol. The number of likely N-dealkylation sites (tertiary alicyclic amines) is 1. The fraction of sp³-hybridized carbons (Fsp3) is 0.750. The number of rotatable bonds is 5. The monoisotopic (exact) mass is 293 g/mol. The molecule has 1 atom stereocenters. The van der Waals surface area contributed by atoms with Gasteiger partial charge in [0.05, 0.1) is 11.6 Å². The van der Waals surface area contributed by atoms with E-state index in [1.54, 1.807) is 0 Å². The van der Waals surface area contributed by atoms with E-state index in [1.807, 2.05) is 25.7 Å². The number of aromatic nitrogens is 2. The number of piperidine rings is 1. The minimum absolute atomic E-state index is 0.127. The maximum atomic E-state index is 12.7. The second-order valence-electron chi connectivity index (χ2n) is 6.20. The lowest BCUT2D eigenvalue weighted by Gasteiger charge is -2.33. The number of nitrogens with zero attached hydrogens (tertiary/aromatic N) is 2. The Balaban J connectivity index is 1.93. The van der Waals surface area contributed by atoms with Gasteiger partial charge in [0.2, 0.25) is 5.91 Å². The summed E-state index contributed by atoms with van der Waals surface area (Å²) >= 11 is 0. The number of hydrogen-bond acceptors (Lipinski definition) is 3. The summed E-state index contributed by atoms with van der Waals surface area (Å²) in [4.78, 5) is 14.7. The number of aliphatic hydroxyl groups is 1. The predicted molar refractivity (Wildman–Crippen MR) is 82.1 cm³/mol. The molecule has 1 fully saturated rings. The molecule has 0 bridgehead atoms. The molecule has 1 unspecified atom stereocenters. The van der Waals surface area contributed by atoms with Gasteiger partial charge in [-0.05, 0) is 52.4 Å². The molecule has 0 aliphatic carbocycles. The standard InChI is InChI=1S/C16H27N3O2/c1-11(15-12(2)17-18-13(15)3)16(21)19-8-6-14(7-9-19)5-4-10-20/h11,14,20H,4-10H2,1-3H3,(H,17,18). The Labute approximate surface area is 126 Å². The highest BCUT2D eigenvalue weighted by atomic mass is 16.2. The van der Waals surface area contributed by atoms with Crippen molar-refractivity contribution in [3.8, 4) is 0 Å². The van der Waals surface area contributed by atoms with Gasteiger partial charge in [0.25, 0.3) is 0 Å². The van der Waals surface area contributed by atoms with Crippen LogP contribution >= 0.6 is 0 Å². The molecule has 0 aromatic carbocycles. The quantitative estimate of drug-likeness (QED) is 0.874. The summed E-state index contributed by atoms with van der Waals surface area (Å²) in [5.41, 5.74) is 2.96. The van der Waals surface area contributed by atoms with Gasteiger partial charge >= 0.3 is 0 Å². The van der Waals surface area contributed by atoms with Crippen LogP contribution in [0.5, 0.6) is 0 Å². The molecule has 118 valence electrons. The molecule has 5 nitrogen and oxygen atoms in total. The number of aliphatic hydroxyl groups excluding tert-OH is 1. The molecule has 0 spiro atoms. The molecule has 2 heterocycles. The van der Waals surface area contributed by atoms with Gasteiger partial charge in [-0.3, -0.25) is 9.89 Å². The molecule has 5 heteroatoms. The van der Waals surface area contributed by atoms with Crippen molar-refractivity contribution in [2.24, 2.45) is 5.92 Å². The van der Waals surface area contributed by atoms with E-state index in [2.05, 4.69) is 10.2 Å². The summed E-state index contributed by atoms with van der Waals surface area (Å²) in [7, 11) is 0. The first-order valence-electron chi connectivity index (χ1n) is 7.95. The summed E-state index contributed by atoms with van der Waals surface area (Å²) < 4.78 is 0. The lowest BCUT2D eigenvalue weighted by molar-refractivity contribution is -0.133. The number of aromatic amines is 1. The number of hydrogen-bond donors (Lipinski definition) is 2. The zero-order valence-electron chi connectivity index (χ0n) is 13.4. The van der Waals surface area contributed by atoms with Crippen LogP contribution in [0.2, 0.25) is 0 Å². The Hall–Kier alpha value is -1.36. The van der Waals surface area contributed by atoms with Gasteiger partial charge in [-0.2, -0.15) is 5.10 Å². The molecule has 21 heavy (non-hydrogen) atoms. The maximum Gasteiger partial charge on any atom is 0.229 e. The molecule has 1 aliphatic rings. The second-order valence-corrected chi connectivity index (χ2v) is 6.20. The Morgan fingerprint density at radius 2 is 2.10 bits per heavy atom. The van der Waals surface area contributed by atoms with Gasteiger partial charge in [-0.15, -0.1) is 0 Å². The van der Waals surface area contributed by atoms with Crippen LogP contribution in [-0.2, 0) is 4.79 Å². The zero-order chi connectivity index (χ0) is 15.4. The summed E-state index contributed by atoms with van der Waals surface area (Å²) in [6.07, 6.45) is 4.07. The third-order valence-electron chi connectivity index (χ3n) is 4.69. The fourth-order valence-corrected chi connectivity index (χ4v) is 3.42. The van der Waals surface area contributed by atoms with Gasteiger partial charge in [0.1, 0.15) is 0 Å². The summed E-state index contributed by atoms with van der Waals surface area (Å²) in [6, 6.07) is 0. The predicted octanol–water partition coefficient (Wildman–Crippen LogP) is 2.14. The van der Waals surface area contributed by atoms with E-state index in [1.165, 1.54) is 0 Å². The number of H-pyrrole nitrogens is 1. The van der Waals surface area contributed by atoms with Crippen molar-refractivity contribution in [3.05, 3.63) is 17.0 Å². The first kappa shape index (κ1) is 16.0. The smallest absolute Gasteiger partial charge is 0.229 e. The Kier molecular flexibility index (Phi) is 5.39. The number of carbonyl (C=O) groups excluding carboxylic acids is 1. The minimum atomic E-state index is -0.127. The number of carbonyl (C=O) groups is 1. The van der Waals surface area contributed by atoms with Crippen molar-refractivity contribution in [1.82, 2.24) is 15.1 Å². The molecule has 0 radical (unpaired) electrons. The second kappa shape index (κ2) is 7.07. The third kappa shape index (κ3) is 3.64. The highest BCUT2D eigenvalue weighted by molar-refractivity contribution is 5.84. The lowest BCUT2D eigenvalue weighted by atomic mass is 9.90. The minimum Gasteiger partial charge on any atom is -0.396 e. The Morgan fingerprint density at radius 3 is 2.62 bits per heavy atom. The molecule has 2 rings (SSSR count). The van der Waals surface area contributed by atoms with Crippen molar-refractivity contribution in [2.75, 3.05) is 19.7 Å². The van der Waals surface area contributed by atoms with Crippen LogP contribution in [0.25, 0.3) is 0 Å². The van der Waals surface area contributed by atoms with E-state index in [9.17, 15) is 4.79 Å². The summed E-state index contributed by atoms with van der Waals surface area (Å²) in [5, 5.41) is 16.0. The van der Waals surface area contributed by atoms with Gasteiger partial charge < -0.3 is 10.0 Å². The lowest BCUT2D eigenvalue weighted by Crippen LogP contribution is -2.40. The van der Waals surface area contributed by atoms with E-state index in [4.69, 9.17) is 5.11 Å². The van der Waals surface area contributed by atoms with Crippen LogP contribution in [0.4, 0.5) is 0 Å². The molecular formula is C16H27N3O2. The van der Waals surface area contributed by atoms with Gasteiger partial charge in [0, 0.05) is 31.0 Å². The number of aryl methyl sites for hydroxylation is 2. The van der Waals surface area contributed by atoms with E-state index >= 15 is 0 Å². The highest BCUT2D eigenvalue weighted by Gasteiger charge is 2.28. The van der Waals surface area contributed by atoms with Gasteiger partial charge in [-0.1, -0.05) is 0 Å². The molecular weight excluding hydrogens is 266 g/mol. The van der Waals surface area contributed by atoms with Crippen LogP contribution in [0.3, 0.4) is 0 Å². The molecule has 1 aromatic rings. The topological polar surface area (TPSA) is 69.2 Å². The first-order chi connectivity index (χ1) is 10.0. The normalized spacial score (nSPS) is 18.0.